The first kappa shape index (κ1) is 20.6. The standard InChI is InChI=1S/C19H20F3N5O2/c1-26(11-13-4-7-15(8-5-13)19(20,21)22)12-27-24-18(23-25-27)14-6-9-16(28-2)17(10-14)29-3/h4-10H,11-12H2,1-3H3. The first-order valence-corrected chi connectivity index (χ1v) is 8.65. The summed E-state index contributed by atoms with van der Waals surface area (Å²) in [5.74, 6) is 1.58. The number of rotatable bonds is 7. The van der Waals surface area contributed by atoms with Crippen molar-refractivity contribution in [1.82, 2.24) is 25.1 Å². The summed E-state index contributed by atoms with van der Waals surface area (Å²) in [4.78, 5) is 3.28. The fraction of sp³-hybridized carbons (Fsp3) is 0.316. The van der Waals surface area contributed by atoms with E-state index in [0.29, 0.717) is 30.5 Å². The Hall–Kier alpha value is -3.14. The van der Waals surface area contributed by atoms with Crippen LogP contribution in [0.25, 0.3) is 11.4 Å². The summed E-state index contributed by atoms with van der Waals surface area (Å²) in [6, 6.07) is 10.4. The van der Waals surface area contributed by atoms with Gasteiger partial charge in [-0.1, -0.05) is 12.1 Å². The molecule has 10 heteroatoms. The Morgan fingerprint density at radius 2 is 1.69 bits per heavy atom. The van der Waals surface area contributed by atoms with Gasteiger partial charge in [0.25, 0.3) is 0 Å². The molecule has 0 fully saturated rings. The maximum atomic E-state index is 12.6. The minimum Gasteiger partial charge on any atom is -0.493 e. The summed E-state index contributed by atoms with van der Waals surface area (Å²) >= 11 is 0. The number of alkyl halides is 3. The highest BCUT2D eigenvalue weighted by Gasteiger charge is 2.29. The van der Waals surface area contributed by atoms with Crippen molar-refractivity contribution in [2.45, 2.75) is 19.4 Å². The molecule has 29 heavy (non-hydrogen) atoms. The molecule has 0 bridgehead atoms. The number of ether oxygens (including phenoxy) is 2. The second-order valence-corrected chi connectivity index (χ2v) is 6.41. The predicted octanol–water partition coefficient (Wildman–Crippen LogP) is 3.47. The van der Waals surface area contributed by atoms with Crippen molar-refractivity contribution in [3.63, 3.8) is 0 Å². The predicted molar refractivity (Wildman–Crippen MR) is 99.3 cm³/mol. The lowest BCUT2D eigenvalue weighted by Gasteiger charge is -2.16. The molecule has 0 saturated heterocycles. The van der Waals surface area contributed by atoms with Crippen LogP contribution >= 0.6 is 0 Å². The van der Waals surface area contributed by atoms with Crippen LogP contribution in [0.15, 0.2) is 42.5 Å². The Morgan fingerprint density at radius 3 is 2.31 bits per heavy atom. The molecule has 0 aliphatic heterocycles. The number of methoxy groups -OCH3 is 2. The van der Waals surface area contributed by atoms with Crippen molar-refractivity contribution in [1.29, 1.82) is 0 Å². The van der Waals surface area contributed by atoms with Crippen LogP contribution in [0, 0.1) is 0 Å². The van der Waals surface area contributed by atoms with Crippen molar-refractivity contribution in [2.24, 2.45) is 0 Å². The van der Waals surface area contributed by atoms with Gasteiger partial charge in [0.1, 0.15) is 6.67 Å². The van der Waals surface area contributed by atoms with E-state index in [1.807, 2.05) is 11.9 Å². The zero-order chi connectivity index (χ0) is 21.0. The van der Waals surface area contributed by atoms with E-state index < -0.39 is 11.7 Å². The Balaban J connectivity index is 1.65. The van der Waals surface area contributed by atoms with Crippen LogP contribution in [0.5, 0.6) is 11.5 Å². The number of nitrogens with zero attached hydrogens (tertiary/aromatic N) is 5. The van der Waals surface area contributed by atoms with Gasteiger partial charge >= 0.3 is 6.18 Å². The molecule has 3 rings (SSSR count). The highest BCUT2D eigenvalue weighted by Crippen LogP contribution is 2.31. The number of hydrogen-bond acceptors (Lipinski definition) is 6. The normalized spacial score (nSPS) is 11.7. The van der Waals surface area contributed by atoms with E-state index in [9.17, 15) is 13.2 Å². The van der Waals surface area contributed by atoms with Crippen LogP contribution in [0.4, 0.5) is 13.2 Å². The fourth-order valence-electron chi connectivity index (χ4n) is 2.77. The zero-order valence-electron chi connectivity index (χ0n) is 16.1. The molecule has 3 aromatic rings. The van der Waals surface area contributed by atoms with Gasteiger partial charge in [-0.3, -0.25) is 4.90 Å². The molecule has 0 N–H and O–H groups in total. The van der Waals surface area contributed by atoms with E-state index in [1.54, 1.807) is 32.4 Å². The minimum absolute atomic E-state index is 0.321. The Kier molecular flexibility index (Phi) is 6.02. The summed E-state index contributed by atoms with van der Waals surface area (Å²) in [7, 11) is 4.91. The van der Waals surface area contributed by atoms with Crippen molar-refractivity contribution < 1.29 is 22.6 Å². The van der Waals surface area contributed by atoms with E-state index in [0.717, 1.165) is 23.3 Å². The number of benzene rings is 2. The quantitative estimate of drug-likeness (QED) is 0.598. The molecule has 0 saturated carbocycles. The number of aromatic nitrogens is 4. The third-order valence-corrected chi connectivity index (χ3v) is 4.20. The average molecular weight is 407 g/mol. The molecule has 1 heterocycles. The van der Waals surface area contributed by atoms with Crippen LogP contribution in [-0.2, 0) is 19.4 Å². The molecular weight excluding hydrogens is 387 g/mol. The van der Waals surface area contributed by atoms with Gasteiger partial charge in [-0.25, -0.2) is 0 Å². The molecule has 0 radical (unpaired) electrons. The molecule has 2 aromatic carbocycles. The minimum atomic E-state index is -4.34. The van der Waals surface area contributed by atoms with Crippen molar-refractivity contribution in [3.8, 4) is 22.9 Å². The summed E-state index contributed by atoms with van der Waals surface area (Å²) in [6.07, 6.45) is -4.34. The second-order valence-electron chi connectivity index (χ2n) is 6.41. The van der Waals surface area contributed by atoms with Gasteiger partial charge in [0.15, 0.2) is 11.5 Å². The first-order valence-electron chi connectivity index (χ1n) is 8.65. The smallest absolute Gasteiger partial charge is 0.416 e. The number of hydrogen-bond donors (Lipinski definition) is 0. The molecule has 1 aromatic heterocycles. The highest BCUT2D eigenvalue weighted by molar-refractivity contribution is 5.60. The Morgan fingerprint density at radius 1 is 1.00 bits per heavy atom. The third-order valence-electron chi connectivity index (χ3n) is 4.20. The lowest BCUT2D eigenvalue weighted by molar-refractivity contribution is -0.137. The van der Waals surface area contributed by atoms with Crippen molar-refractivity contribution >= 4 is 0 Å². The van der Waals surface area contributed by atoms with Gasteiger partial charge < -0.3 is 9.47 Å². The number of tetrazole rings is 1. The number of halogens is 3. The maximum Gasteiger partial charge on any atom is 0.416 e. The van der Waals surface area contributed by atoms with Crippen molar-refractivity contribution in [3.05, 3.63) is 53.6 Å². The molecule has 0 aliphatic carbocycles. The van der Waals surface area contributed by atoms with Gasteiger partial charge in [-0.2, -0.15) is 13.2 Å². The molecule has 0 unspecified atom stereocenters. The van der Waals surface area contributed by atoms with Gasteiger partial charge in [0, 0.05) is 12.1 Å². The Bertz CT molecular complexity index is 957. The molecule has 0 spiro atoms. The lowest BCUT2D eigenvalue weighted by atomic mass is 10.1. The molecule has 154 valence electrons. The van der Waals surface area contributed by atoms with Crippen molar-refractivity contribution in [2.75, 3.05) is 21.3 Å². The van der Waals surface area contributed by atoms with Crippen LogP contribution in [-0.4, -0.2) is 46.4 Å². The van der Waals surface area contributed by atoms with E-state index >= 15 is 0 Å². The van der Waals surface area contributed by atoms with Crippen LogP contribution < -0.4 is 9.47 Å². The average Bonchev–Trinajstić information content (AvgIpc) is 3.15. The molecule has 0 amide bonds. The van der Waals surface area contributed by atoms with Gasteiger partial charge in [-0.05, 0) is 48.2 Å². The highest BCUT2D eigenvalue weighted by atomic mass is 19.4. The summed E-state index contributed by atoms with van der Waals surface area (Å²) in [5, 5.41) is 12.4. The topological polar surface area (TPSA) is 65.3 Å². The SMILES string of the molecule is COc1ccc(-c2nnn(CN(C)Cc3ccc(C(F)(F)F)cc3)n2)cc1OC. The van der Waals surface area contributed by atoms with Crippen LogP contribution in [0.3, 0.4) is 0 Å². The van der Waals surface area contributed by atoms with E-state index in [2.05, 4.69) is 15.4 Å². The summed E-state index contributed by atoms with van der Waals surface area (Å²) < 4.78 is 48.4. The summed E-state index contributed by atoms with van der Waals surface area (Å²) in [6.45, 7) is 0.757. The largest absolute Gasteiger partial charge is 0.493 e. The van der Waals surface area contributed by atoms with Gasteiger partial charge in [-0.15, -0.1) is 15.0 Å². The molecule has 0 aliphatic rings. The molecule has 7 nitrogen and oxygen atoms in total. The zero-order valence-corrected chi connectivity index (χ0v) is 16.1. The van der Waals surface area contributed by atoms with Gasteiger partial charge in [0.05, 0.1) is 19.8 Å². The monoisotopic (exact) mass is 407 g/mol. The van der Waals surface area contributed by atoms with Gasteiger partial charge in [0.2, 0.25) is 5.82 Å². The fourth-order valence-corrected chi connectivity index (χ4v) is 2.77. The van der Waals surface area contributed by atoms with E-state index in [4.69, 9.17) is 9.47 Å². The van der Waals surface area contributed by atoms with Crippen LogP contribution in [0.1, 0.15) is 11.1 Å². The summed E-state index contributed by atoms with van der Waals surface area (Å²) in [5.41, 5.74) is 0.807. The maximum absolute atomic E-state index is 12.6. The second kappa shape index (κ2) is 8.48. The molecule has 0 atom stereocenters. The lowest BCUT2D eigenvalue weighted by Crippen LogP contribution is -2.23. The van der Waals surface area contributed by atoms with Crippen LogP contribution in [0.2, 0.25) is 0 Å². The first-order chi connectivity index (χ1) is 13.8. The molecular formula is C19H20F3N5O2. The Labute approximate surface area is 165 Å². The van der Waals surface area contributed by atoms with E-state index in [1.165, 1.54) is 16.9 Å². The third kappa shape index (κ3) is 5.02. The van der Waals surface area contributed by atoms with E-state index in [-0.39, 0.29) is 0 Å².